The fraction of sp³-hybridized carbons (Fsp3) is 0.625. The third-order valence-corrected chi connectivity index (χ3v) is 5.21. The van der Waals surface area contributed by atoms with Crippen LogP contribution in [0.3, 0.4) is 0 Å². The van der Waals surface area contributed by atoms with Crippen molar-refractivity contribution in [2.75, 3.05) is 6.66 Å². The molecule has 2 rings (SSSR count). The van der Waals surface area contributed by atoms with Gasteiger partial charge in [-0.15, -0.1) is 11.3 Å². The Morgan fingerprint density at radius 3 is 2.64 bits per heavy atom. The van der Waals surface area contributed by atoms with E-state index in [2.05, 4.69) is 4.98 Å². The van der Waals surface area contributed by atoms with Crippen molar-refractivity contribution >= 4 is 23.5 Å². The van der Waals surface area contributed by atoms with E-state index in [0.29, 0.717) is 4.75 Å². The maximum Gasteiger partial charge on any atom is 1.00 e. The number of nitrogens with zero attached hydrogens (tertiary/aromatic N) is 1. The molecule has 1 unspecified atom stereocenters. The molecule has 1 aliphatic carbocycles. The predicted octanol–water partition coefficient (Wildman–Crippen LogP) is -2.08. The Kier molecular flexibility index (Phi) is 5.01. The van der Waals surface area contributed by atoms with Gasteiger partial charge in [-0.3, -0.25) is 0 Å². The minimum Gasteiger partial charge on any atom is -0.795 e. The quantitative estimate of drug-likeness (QED) is 0.427. The van der Waals surface area contributed by atoms with Crippen LogP contribution < -0.4 is 61.0 Å². The fourth-order valence-electron chi connectivity index (χ4n) is 1.51. The largest absolute Gasteiger partial charge is 1.00 e. The number of aromatic nitrogens is 1. The monoisotopic (exact) mass is 255 g/mol. The van der Waals surface area contributed by atoms with E-state index in [9.17, 15) is 9.46 Å². The SMILES string of the molecule is CP(=O)([O-])c1nc2c(s1)CCCC2.[K+]. The molecule has 1 atom stereocenters. The summed E-state index contributed by atoms with van der Waals surface area (Å²) >= 11 is 1.36. The Balaban J connectivity index is 0.000000980. The van der Waals surface area contributed by atoms with Gasteiger partial charge in [0.2, 0.25) is 0 Å². The summed E-state index contributed by atoms with van der Waals surface area (Å²) in [7, 11) is -3.37. The van der Waals surface area contributed by atoms with Crippen LogP contribution in [0.4, 0.5) is 0 Å². The van der Waals surface area contributed by atoms with Crippen LogP contribution in [-0.4, -0.2) is 11.6 Å². The number of rotatable bonds is 1. The van der Waals surface area contributed by atoms with Crippen LogP contribution in [0.2, 0.25) is 0 Å². The first-order valence-electron chi connectivity index (χ1n) is 4.35. The maximum absolute atomic E-state index is 11.2. The van der Waals surface area contributed by atoms with Crippen LogP contribution in [0, 0.1) is 0 Å². The molecule has 0 radical (unpaired) electrons. The third kappa shape index (κ3) is 2.98. The van der Waals surface area contributed by atoms with Crippen molar-refractivity contribution < 1.29 is 60.8 Å². The Morgan fingerprint density at radius 2 is 2.07 bits per heavy atom. The molecule has 0 saturated carbocycles. The molecule has 0 spiro atoms. The van der Waals surface area contributed by atoms with Crippen molar-refractivity contribution in [3.8, 4) is 0 Å². The van der Waals surface area contributed by atoms with E-state index in [0.717, 1.165) is 25.0 Å². The molecule has 6 heteroatoms. The molecule has 14 heavy (non-hydrogen) atoms. The molecule has 0 amide bonds. The van der Waals surface area contributed by atoms with Crippen molar-refractivity contribution in [3.63, 3.8) is 0 Å². The smallest absolute Gasteiger partial charge is 0.795 e. The van der Waals surface area contributed by atoms with Crippen molar-refractivity contribution in [2.24, 2.45) is 0 Å². The second-order valence-electron chi connectivity index (χ2n) is 3.42. The molecule has 72 valence electrons. The summed E-state index contributed by atoms with van der Waals surface area (Å²) in [6.45, 7) is 1.25. The van der Waals surface area contributed by atoms with Gasteiger partial charge in [-0.05, 0) is 32.3 Å². The molecule has 0 saturated heterocycles. The number of hydrogen-bond donors (Lipinski definition) is 0. The van der Waals surface area contributed by atoms with E-state index >= 15 is 0 Å². The van der Waals surface area contributed by atoms with Crippen molar-refractivity contribution in [2.45, 2.75) is 25.7 Å². The van der Waals surface area contributed by atoms with Crippen LogP contribution in [0.25, 0.3) is 0 Å². The summed E-state index contributed by atoms with van der Waals surface area (Å²) in [5.41, 5.74) is 1.02. The zero-order valence-corrected chi connectivity index (χ0v) is 13.3. The van der Waals surface area contributed by atoms with E-state index in [-0.39, 0.29) is 51.4 Å². The molecule has 1 aromatic heterocycles. The average molecular weight is 255 g/mol. The van der Waals surface area contributed by atoms with Gasteiger partial charge in [0.25, 0.3) is 0 Å². The minimum atomic E-state index is -3.37. The second-order valence-corrected chi connectivity index (χ2v) is 6.92. The van der Waals surface area contributed by atoms with E-state index < -0.39 is 7.37 Å². The van der Waals surface area contributed by atoms with Crippen molar-refractivity contribution in [1.82, 2.24) is 4.98 Å². The summed E-state index contributed by atoms with van der Waals surface area (Å²) in [5, 5.41) is 0. The molecule has 0 fully saturated rings. The number of thiazole rings is 1. The molecule has 0 bridgehead atoms. The number of hydrogen-bond acceptors (Lipinski definition) is 4. The molecule has 3 nitrogen and oxygen atoms in total. The zero-order valence-electron chi connectivity index (χ0n) is 8.45. The minimum absolute atomic E-state index is 0. The van der Waals surface area contributed by atoms with Crippen LogP contribution in [-0.2, 0) is 17.4 Å². The molecule has 1 aliphatic rings. The molecule has 0 N–H and O–H groups in total. The van der Waals surface area contributed by atoms with Gasteiger partial charge >= 0.3 is 51.4 Å². The van der Waals surface area contributed by atoms with E-state index in [1.165, 1.54) is 29.3 Å². The molecule has 0 aromatic carbocycles. The third-order valence-electron chi connectivity index (χ3n) is 2.18. The number of fused-ring (bicyclic) bond motifs is 1. The summed E-state index contributed by atoms with van der Waals surface area (Å²) in [4.78, 5) is 16.6. The van der Waals surface area contributed by atoms with Gasteiger partial charge in [0.15, 0.2) is 0 Å². The van der Waals surface area contributed by atoms with Crippen LogP contribution in [0.1, 0.15) is 23.4 Å². The Hall–Kier alpha value is 1.46. The van der Waals surface area contributed by atoms with E-state index in [1.54, 1.807) is 0 Å². The normalized spacial score (nSPS) is 19.3. The second kappa shape index (κ2) is 5.19. The number of aryl methyl sites for hydroxylation is 2. The van der Waals surface area contributed by atoms with Gasteiger partial charge in [-0.1, -0.05) is 0 Å². The van der Waals surface area contributed by atoms with Crippen molar-refractivity contribution in [3.05, 3.63) is 10.6 Å². The van der Waals surface area contributed by atoms with Gasteiger partial charge in [-0.2, -0.15) is 0 Å². The first-order valence-corrected chi connectivity index (χ1v) is 7.24. The zero-order chi connectivity index (χ0) is 9.47. The van der Waals surface area contributed by atoms with E-state index in [4.69, 9.17) is 0 Å². The van der Waals surface area contributed by atoms with Gasteiger partial charge in [0, 0.05) is 4.88 Å². The van der Waals surface area contributed by atoms with Crippen LogP contribution >= 0.6 is 18.7 Å². The molecular formula is C8H11KNO2PS. The summed E-state index contributed by atoms with van der Waals surface area (Å²) in [5.74, 6) is 0. The van der Waals surface area contributed by atoms with E-state index in [1.807, 2.05) is 0 Å². The van der Waals surface area contributed by atoms with Crippen LogP contribution in [0.15, 0.2) is 0 Å². The summed E-state index contributed by atoms with van der Waals surface area (Å²) in [6.07, 6.45) is 4.27. The average Bonchev–Trinajstić information content (AvgIpc) is 2.45. The molecule has 1 aromatic rings. The van der Waals surface area contributed by atoms with Gasteiger partial charge < -0.3 is 9.46 Å². The summed E-state index contributed by atoms with van der Waals surface area (Å²) < 4.78 is 11.5. The molecule has 0 aliphatic heterocycles. The fourth-order valence-corrected chi connectivity index (χ4v) is 3.70. The Morgan fingerprint density at radius 1 is 1.43 bits per heavy atom. The predicted molar refractivity (Wildman–Crippen MR) is 51.9 cm³/mol. The first kappa shape index (κ1) is 13.5. The van der Waals surface area contributed by atoms with Gasteiger partial charge in [0.1, 0.15) is 4.75 Å². The standard InChI is InChI=1S/C8H12NO2PS.K/c1-12(10,11)8-9-6-4-2-3-5-7(6)13-8;/h2-5H2,1H3,(H,10,11);/q;+1/p-1. The molecular weight excluding hydrogens is 244 g/mol. The first-order chi connectivity index (χ1) is 6.07. The van der Waals surface area contributed by atoms with Crippen LogP contribution in [0.5, 0.6) is 0 Å². The Bertz CT molecular complexity index is 350. The maximum atomic E-state index is 11.2. The van der Waals surface area contributed by atoms with Gasteiger partial charge in [-0.25, -0.2) is 4.98 Å². The van der Waals surface area contributed by atoms with Gasteiger partial charge in [0.05, 0.1) is 13.1 Å². The molecule has 1 heterocycles. The van der Waals surface area contributed by atoms with Crippen molar-refractivity contribution in [1.29, 1.82) is 0 Å². The summed E-state index contributed by atoms with van der Waals surface area (Å²) in [6, 6.07) is 0. The topological polar surface area (TPSA) is 53.0 Å². The Labute approximate surface area is 130 Å².